The number of aromatic nitrogens is 2. The Bertz CT molecular complexity index is 581. The lowest BCUT2D eigenvalue weighted by Crippen LogP contribution is -2.40. The normalized spacial score (nSPS) is 21.0. The lowest BCUT2D eigenvalue weighted by Gasteiger charge is -2.25. The van der Waals surface area contributed by atoms with Crippen LogP contribution in [-0.4, -0.2) is 39.8 Å². The summed E-state index contributed by atoms with van der Waals surface area (Å²) in [6, 6.07) is 0.447. The van der Waals surface area contributed by atoms with E-state index in [0.29, 0.717) is 18.9 Å². The second kappa shape index (κ2) is 8.47. The predicted octanol–water partition coefficient (Wildman–Crippen LogP) is 2.25. The molecule has 7 nitrogen and oxygen atoms in total. The first-order valence-corrected chi connectivity index (χ1v) is 9.01. The largest absolute Gasteiger partial charge is 0.444 e. The van der Waals surface area contributed by atoms with Crippen molar-refractivity contribution in [2.45, 2.75) is 83.4 Å². The van der Waals surface area contributed by atoms with Crippen LogP contribution in [0.4, 0.5) is 4.79 Å². The molecule has 1 saturated carbocycles. The molecule has 0 bridgehead atoms. The maximum Gasteiger partial charge on any atom is 0.407 e. The average Bonchev–Trinajstić information content (AvgIpc) is 2.96. The third-order valence-corrected chi connectivity index (χ3v) is 4.32. The molecule has 1 fully saturated rings. The Hall–Kier alpha value is -1.89. The van der Waals surface area contributed by atoms with Gasteiger partial charge in [-0.05, 0) is 58.4 Å². The molecule has 1 aromatic heterocycles. The van der Waals surface area contributed by atoms with Crippen LogP contribution in [0.3, 0.4) is 0 Å². The summed E-state index contributed by atoms with van der Waals surface area (Å²) in [5.74, 6) is 0.289. The van der Waals surface area contributed by atoms with E-state index in [0.717, 1.165) is 32.1 Å². The number of alkyl carbamates (subject to hydrolysis) is 1. The summed E-state index contributed by atoms with van der Waals surface area (Å²) in [5.41, 5.74) is 7.89. The van der Waals surface area contributed by atoms with Crippen LogP contribution >= 0.6 is 0 Å². The highest BCUT2D eigenvalue weighted by molar-refractivity contribution is 5.79. The van der Waals surface area contributed by atoms with Crippen molar-refractivity contribution in [3.8, 4) is 0 Å². The van der Waals surface area contributed by atoms with Gasteiger partial charge in [0.25, 0.3) is 0 Å². The summed E-state index contributed by atoms with van der Waals surface area (Å²) in [5, 5.41) is 9.71. The van der Waals surface area contributed by atoms with Gasteiger partial charge in [-0.25, -0.2) is 4.79 Å². The lowest BCUT2D eigenvalue weighted by atomic mass is 9.94. The molecule has 2 aliphatic carbocycles. The van der Waals surface area contributed by atoms with Crippen LogP contribution in [0.25, 0.3) is 0 Å². The molecule has 1 amide bonds. The Labute approximate surface area is 149 Å². The smallest absolute Gasteiger partial charge is 0.407 e. The molecule has 0 aromatic carbocycles. The van der Waals surface area contributed by atoms with Gasteiger partial charge < -0.3 is 15.8 Å². The fraction of sp³-hybridized carbons (Fsp3) is 0.722. The molecular weight excluding hydrogens is 320 g/mol. The van der Waals surface area contributed by atoms with Gasteiger partial charge in [0.15, 0.2) is 0 Å². The van der Waals surface area contributed by atoms with Crippen LogP contribution in [0, 0.1) is 0 Å². The number of H-pyrrole nitrogens is 1. The number of hydrogen-bond donors (Lipinski definition) is 3. The lowest BCUT2D eigenvalue weighted by molar-refractivity contribution is -0.120. The second-order valence-corrected chi connectivity index (χ2v) is 7.84. The highest BCUT2D eigenvalue weighted by Gasteiger charge is 2.23. The van der Waals surface area contributed by atoms with Gasteiger partial charge in [0.2, 0.25) is 0 Å². The number of ketones is 1. The first kappa shape index (κ1) is 19.4. The number of rotatable bonds is 1. The first-order chi connectivity index (χ1) is 11.7. The summed E-state index contributed by atoms with van der Waals surface area (Å²) >= 11 is 0. The SMILES string of the molecule is CC(C)(C)OC(=O)NC1CCC(=O)CC1.NC1CCc2[nH]ncc2C1. The number of nitrogens with one attached hydrogen (secondary N) is 2. The Morgan fingerprint density at radius 3 is 2.60 bits per heavy atom. The first-order valence-electron chi connectivity index (χ1n) is 9.01. The standard InChI is InChI=1S/C11H19NO3.C7H11N3/c1-11(2,3)15-10(14)12-8-4-6-9(13)7-5-8;8-6-1-2-7-5(3-6)4-9-10-7/h8H,4-7H2,1-3H3,(H,12,14);4,6H,1-3,8H2,(H,9,10). The Morgan fingerprint density at radius 1 is 1.28 bits per heavy atom. The zero-order valence-corrected chi connectivity index (χ0v) is 15.4. The number of Topliss-reactive ketones (excluding diaryl/α,β-unsaturated/α-hetero) is 1. The zero-order valence-electron chi connectivity index (χ0n) is 15.4. The fourth-order valence-electron chi connectivity index (χ4n) is 3.00. The van der Waals surface area contributed by atoms with Gasteiger partial charge >= 0.3 is 6.09 Å². The molecule has 0 saturated heterocycles. The van der Waals surface area contributed by atoms with E-state index in [2.05, 4.69) is 15.5 Å². The van der Waals surface area contributed by atoms with E-state index in [9.17, 15) is 9.59 Å². The highest BCUT2D eigenvalue weighted by atomic mass is 16.6. The Balaban J connectivity index is 0.000000194. The molecule has 2 aliphatic rings. The summed E-state index contributed by atoms with van der Waals surface area (Å²) in [6.45, 7) is 5.49. The van der Waals surface area contributed by atoms with Gasteiger partial charge in [-0.15, -0.1) is 0 Å². The fourth-order valence-corrected chi connectivity index (χ4v) is 3.00. The van der Waals surface area contributed by atoms with Crippen LogP contribution < -0.4 is 11.1 Å². The molecule has 1 unspecified atom stereocenters. The van der Waals surface area contributed by atoms with Crippen molar-refractivity contribution < 1.29 is 14.3 Å². The molecule has 3 rings (SSSR count). The molecule has 4 N–H and O–H groups in total. The number of ether oxygens (including phenoxy) is 1. The quantitative estimate of drug-likeness (QED) is 0.719. The monoisotopic (exact) mass is 350 g/mol. The molecule has 0 spiro atoms. The predicted molar refractivity (Wildman–Crippen MR) is 95.2 cm³/mol. The van der Waals surface area contributed by atoms with E-state index < -0.39 is 5.60 Å². The van der Waals surface area contributed by atoms with E-state index in [1.807, 2.05) is 27.0 Å². The molecule has 1 aromatic rings. The van der Waals surface area contributed by atoms with Gasteiger partial charge in [0, 0.05) is 30.6 Å². The van der Waals surface area contributed by atoms with E-state index in [1.54, 1.807) is 0 Å². The molecule has 1 atom stereocenters. The minimum atomic E-state index is -0.464. The number of aryl methyl sites for hydroxylation is 1. The van der Waals surface area contributed by atoms with Gasteiger partial charge in [0.05, 0.1) is 6.20 Å². The van der Waals surface area contributed by atoms with Crippen LogP contribution in [0.2, 0.25) is 0 Å². The number of carbonyl (C=O) groups excluding carboxylic acids is 2. The number of nitrogens with two attached hydrogens (primary N) is 1. The summed E-state index contributed by atoms with van der Waals surface area (Å²) < 4.78 is 5.13. The molecule has 0 aliphatic heterocycles. The number of hydrogen-bond acceptors (Lipinski definition) is 5. The highest BCUT2D eigenvalue weighted by Crippen LogP contribution is 2.17. The maximum atomic E-state index is 11.4. The van der Waals surface area contributed by atoms with Crippen molar-refractivity contribution in [3.05, 3.63) is 17.5 Å². The molecule has 7 heteroatoms. The van der Waals surface area contributed by atoms with Crippen LogP contribution in [0.5, 0.6) is 0 Å². The van der Waals surface area contributed by atoms with Gasteiger partial charge in [-0.2, -0.15) is 5.10 Å². The minimum Gasteiger partial charge on any atom is -0.444 e. The number of fused-ring (bicyclic) bond motifs is 1. The Morgan fingerprint density at radius 2 is 1.96 bits per heavy atom. The van der Waals surface area contributed by atoms with Crippen molar-refractivity contribution in [3.63, 3.8) is 0 Å². The van der Waals surface area contributed by atoms with Crippen molar-refractivity contribution in [1.29, 1.82) is 0 Å². The number of nitrogens with zero attached hydrogens (tertiary/aromatic N) is 1. The van der Waals surface area contributed by atoms with E-state index in [4.69, 9.17) is 10.5 Å². The van der Waals surface area contributed by atoms with Gasteiger partial charge in [-0.3, -0.25) is 9.89 Å². The van der Waals surface area contributed by atoms with Crippen molar-refractivity contribution in [2.24, 2.45) is 5.73 Å². The van der Waals surface area contributed by atoms with Crippen molar-refractivity contribution in [1.82, 2.24) is 15.5 Å². The number of amides is 1. The Kier molecular flexibility index (Phi) is 6.58. The third kappa shape index (κ3) is 6.86. The second-order valence-electron chi connectivity index (χ2n) is 7.84. The molecule has 25 heavy (non-hydrogen) atoms. The molecule has 140 valence electrons. The van der Waals surface area contributed by atoms with E-state index in [-0.39, 0.29) is 17.9 Å². The third-order valence-electron chi connectivity index (χ3n) is 4.32. The van der Waals surface area contributed by atoms with Crippen molar-refractivity contribution in [2.75, 3.05) is 0 Å². The number of aromatic amines is 1. The average molecular weight is 350 g/mol. The summed E-state index contributed by atoms with van der Waals surface area (Å²) in [6.07, 6.45) is 7.25. The van der Waals surface area contributed by atoms with Crippen molar-refractivity contribution >= 4 is 11.9 Å². The van der Waals surface area contributed by atoms with E-state index in [1.165, 1.54) is 11.3 Å². The number of carbonyl (C=O) groups is 2. The molecular formula is C18H30N4O3. The van der Waals surface area contributed by atoms with Crippen LogP contribution in [0.1, 0.15) is 64.1 Å². The zero-order chi connectivity index (χ0) is 18.4. The van der Waals surface area contributed by atoms with Gasteiger partial charge in [0.1, 0.15) is 11.4 Å². The molecule has 1 heterocycles. The maximum absolute atomic E-state index is 11.4. The van der Waals surface area contributed by atoms with E-state index >= 15 is 0 Å². The van der Waals surface area contributed by atoms with Crippen LogP contribution in [-0.2, 0) is 22.4 Å². The summed E-state index contributed by atoms with van der Waals surface area (Å²) in [7, 11) is 0. The topological polar surface area (TPSA) is 110 Å². The summed E-state index contributed by atoms with van der Waals surface area (Å²) in [4.78, 5) is 22.4. The minimum absolute atomic E-state index is 0.0950. The molecule has 0 radical (unpaired) electrons. The van der Waals surface area contributed by atoms with Gasteiger partial charge in [-0.1, -0.05) is 0 Å². The van der Waals surface area contributed by atoms with Crippen LogP contribution in [0.15, 0.2) is 6.20 Å².